The van der Waals surface area contributed by atoms with Gasteiger partial charge in [0, 0.05) is 18.9 Å². The summed E-state index contributed by atoms with van der Waals surface area (Å²) in [7, 11) is 1.66. The molecule has 0 aliphatic rings. The lowest BCUT2D eigenvalue weighted by molar-refractivity contribution is -0.128. The van der Waals surface area contributed by atoms with Crippen LogP contribution in [0.1, 0.15) is 19.4 Å². The number of ether oxygens (including phenoxy) is 2. The van der Waals surface area contributed by atoms with Crippen LogP contribution in [0.5, 0.6) is 5.75 Å². The number of halogens is 2. The zero-order valence-electron chi connectivity index (χ0n) is 17.0. The molecular formula is C24H23F2NO3. The van der Waals surface area contributed by atoms with E-state index >= 15 is 0 Å². The van der Waals surface area contributed by atoms with Gasteiger partial charge in [-0.2, -0.15) is 0 Å². The summed E-state index contributed by atoms with van der Waals surface area (Å²) in [5, 5.41) is 2.76. The average molecular weight is 411 g/mol. The van der Waals surface area contributed by atoms with E-state index < -0.39 is 23.1 Å². The number of amides is 1. The molecule has 0 aliphatic heterocycles. The van der Waals surface area contributed by atoms with Crippen molar-refractivity contribution in [3.63, 3.8) is 0 Å². The van der Waals surface area contributed by atoms with Crippen LogP contribution < -0.4 is 10.1 Å². The van der Waals surface area contributed by atoms with Crippen molar-refractivity contribution < 1.29 is 23.0 Å². The Bertz CT molecular complexity index is 1020. The molecule has 0 heterocycles. The van der Waals surface area contributed by atoms with Gasteiger partial charge in [-0.05, 0) is 54.8 Å². The molecule has 0 radical (unpaired) electrons. The molecule has 1 amide bonds. The van der Waals surface area contributed by atoms with Gasteiger partial charge in [0.1, 0.15) is 5.82 Å². The van der Waals surface area contributed by atoms with Gasteiger partial charge in [-0.25, -0.2) is 8.78 Å². The monoisotopic (exact) mass is 411 g/mol. The normalized spacial score (nSPS) is 11.2. The SMILES string of the molecule is COCc1ccc(-c2ccc(NC(=O)C(C)(C)Oc3ccc(F)cc3F)cc2)cc1. The Morgan fingerprint density at radius 3 is 2.10 bits per heavy atom. The van der Waals surface area contributed by atoms with Crippen LogP contribution in [0, 0.1) is 11.6 Å². The van der Waals surface area contributed by atoms with Crippen molar-refractivity contribution in [2.24, 2.45) is 0 Å². The third-order valence-corrected chi connectivity index (χ3v) is 4.55. The Balaban J connectivity index is 1.67. The lowest BCUT2D eigenvalue weighted by Crippen LogP contribution is -2.42. The van der Waals surface area contributed by atoms with Crippen LogP contribution in [-0.4, -0.2) is 18.6 Å². The Kier molecular flexibility index (Phi) is 6.47. The van der Waals surface area contributed by atoms with E-state index in [1.165, 1.54) is 13.8 Å². The van der Waals surface area contributed by atoms with Crippen molar-refractivity contribution >= 4 is 11.6 Å². The molecule has 4 nitrogen and oxygen atoms in total. The molecule has 0 atom stereocenters. The number of carbonyl (C=O) groups excluding carboxylic acids is 1. The summed E-state index contributed by atoms with van der Waals surface area (Å²) in [4.78, 5) is 12.6. The molecule has 0 saturated heterocycles. The molecule has 6 heteroatoms. The van der Waals surface area contributed by atoms with E-state index in [-0.39, 0.29) is 5.75 Å². The standard InChI is InChI=1S/C24H23F2NO3/c1-24(2,30-22-13-10-19(25)14-21(22)26)23(28)27-20-11-8-18(9-12-20)17-6-4-16(5-7-17)15-29-3/h4-14H,15H2,1-3H3,(H,27,28). The molecular weight excluding hydrogens is 388 g/mol. The summed E-state index contributed by atoms with van der Waals surface area (Å²) < 4.78 is 37.5. The van der Waals surface area contributed by atoms with Crippen LogP contribution in [0.3, 0.4) is 0 Å². The zero-order valence-corrected chi connectivity index (χ0v) is 17.0. The maximum absolute atomic E-state index is 13.8. The molecule has 0 aromatic heterocycles. The first-order valence-electron chi connectivity index (χ1n) is 9.42. The minimum Gasteiger partial charge on any atom is -0.475 e. The summed E-state index contributed by atoms with van der Waals surface area (Å²) in [6.45, 7) is 3.59. The molecule has 156 valence electrons. The molecule has 30 heavy (non-hydrogen) atoms. The first-order chi connectivity index (χ1) is 14.3. The molecule has 3 aromatic carbocycles. The fraction of sp³-hybridized carbons (Fsp3) is 0.208. The van der Waals surface area contributed by atoms with Gasteiger partial charge in [0.05, 0.1) is 6.61 Å². The van der Waals surface area contributed by atoms with Crippen LogP contribution in [0.15, 0.2) is 66.7 Å². The van der Waals surface area contributed by atoms with Crippen LogP contribution in [0.25, 0.3) is 11.1 Å². The summed E-state index contributed by atoms with van der Waals surface area (Å²) >= 11 is 0. The van der Waals surface area contributed by atoms with E-state index in [0.717, 1.165) is 28.8 Å². The fourth-order valence-corrected chi connectivity index (χ4v) is 2.87. The van der Waals surface area contributed by atoms with Gasteiger partial charge < -0.3 is 14.8 Å². The van der Waals surface area contributed by atoms with Crippen LogP contribution in [0.2, 0.25) is 0 Å². The second kappa shape index (κ2) is 9.05. The molecule has 3 aromatic rings. The van der Waals surface area contributed by atoms with Gasteiger partial charge in [0.15, 0.2) is 17.2 Å². The van der Waals surface area contributed by atoms with Crippen LogP contribution in [-0.2, 0) is 16.1 Å². The maximum Gasteiger partial charge on any atom is 0.267 e. The van der Waals surface area contributed by atoms with Gasteiger partial charge in [-0.15, -0.1) is 0 Å². The van der Waals surface area contributed by atoms with E-state index in [0.29, 0.717) is 18.4 Å². The molecule has 3 rings (SSSR count). The third-order valence-electron chi connectivity index (χ3n) is 4.55. The van der Waals surface area contributed by atoms with Crippen LogP contribution >= 0.6 is 0 Å². The molecule has 0 spiro atoms. The Hall–Kier alpha value is -3.25. The van der Waals surface area contributed by atoms with Crippen LogP contribution in [0.4, 0.5) is 14.5 Å². The topological polar surface area (TPSA) is 47.6 Å². The van der Waals surface area contributed by atoms with Gasteiger partial charge in [0.2, 0.25) is 0 Å². The predicted molar refractivity (Wildman–Crippen MR) is 112 cm³/mol. The van der Waals surface area contributed by atoms with Crippen molar-refractivity contribution in [2.45, 2.75) is 26.1 Å². The van der Waals surface area contributed by atoms with Gasteiger partial charge in [0.25, 0.3) is 5.91 Å². The van der Waals surface area contributed by atoms with Gasteiger partial charge >= 0.3 is 0 Å². The average Bonchev–Trinajstić information content (AvgIpc) is 2.71. The van der Waals surface area contributed by atoms with Gasteiger partial charge in [-0.3, -0.25) is 4.79 Å². The van der Waals surface area contributed by atoms with E-state index in [4.69, 9.17) is 9.47 Å². The van der Waals surface area contributed by atoms with E-state index in [2.05, 4.69) is 5.32 Å². The smallest absolute Gasteiger partial charge is 0.267 e. The van der Waals surface area contributed by atoms with Crippen molar-refractivity contribution in [1.29, 1.82) is 0 Å². The minimum atomic E-state index is -1.37. The van der Waals surface area contributed by atoms with Crippen molar-refractivity contribution in [1.82, 2.24) is 0 Å². The molecule has 0 saturated carbocycles. The Morgan fingerprint density at radius 2 is 1.53 bits per heavy atom. The van der Waals surface area contributed by atoms with E-state index in [9.17, 15) is 13.6 Å². The summed E-state index contributed by atoms with van der Waals surface area (Å²) in [5.74, 6) is -2.22. The molecule has 0 bridgehead atoms. The van der Waals surface area contributed by atoms with Crippen molar-refractivity contribution in [2.75, 3.05) is 12.4 Å². The highest BCUT2D eigenvalue weighted by Crippen LogP contribution is 2.25. The minimum absolute atomic E-state index is 0.191. The number of rotatable bonds is 7. The first-order valence-corrected chi connectivity index (χ1v) is 9.42. The third kappa shape index (κ3) is 5.21. The number of carbonyl (C=O) groups is 1. The summed E-state index contributed by atoms with van der Waals surface area (Å²) in [6, 6.07) is 18.3. The molecule has 0 aliphatic carbocycles. The number of benzene rings is 3. The highest BCUT2D eigenvalue weighted by molar-refractivity contribution is 5.97. The molecule has 0 unspecified atom stereocenters. The fourth-order valence-electron chi connectivity index (χ4n) is 2.87. The largest absolute Gasteiger partial charge is 0.475 e. The summed E-state index contributed by atoms with van der Waals surface area (Å²) in [5.41, 5.74) is 2.35. The lowest BCUT2D eigenvalue weighted by atomic mass is 10.0. The Labute approximate surface area is 174 Å². The highest BCUT2D eigenvalue weighted by Gasteiger charge is 2.31. The quantitative estimate of drug-likeness (QED) is 0.553. The maximum atomic E-state index is 13.8. The lowest BCUT2D eigenvalue weighted by Gasteiger charge is -2.25. The first kappa shape index (κ1) is 21.5. The van der Waals surface area contributed by atoms with Gasteiger partial charge in [-0.1, -0.05) is 36.4 Å². The molecule has 1 N–H and O–H groups in total. The second-order valence-electron chi connectivity index (χ2n) is 7.35. The summed E-state index contributed by atoms with van der Waals surface area (Å²) in [6.07, 6.45) is 0. The Morgan fingerprint density at radius 1 is 0.933 bits per heavy atom. The van der Waals surface area contributed by atoms with Crippen molar-refractivity contribution in [3.05, 3.63) is 83.9 Å². The second-order valence-corrected chi connectivity index (χ2v) is 7.35. The van der Waals surface area contributed by atoms with Crippen molar-refractivity contribution in [3.8, 4) is 16.9 Å². The number of hydrogen-bond donors (Lipinski definition) is 1. The molecule has 0 fully saturated rings. The number of methoxy groups -OCH3 is 1. The predicted octanol–water partition coefficient (Wildman–Crippen LogP) is 5.57. The highest BCUT2D eigenvalue weighted by atomic mass is 19.1. The number of nitrogens with one attached hydrogen (secondary N) is 1. The van der Waals surface area contributed by atoms with E-state index in [1.54, 1.807) is 19.2 Å². The zero-order chi connectivity index (χ0) is 21.7. The number of anilines is 1. The van der Waals surface area contributed by atoms with E-state index in [1.807, 2.05) is 36.4 Å². The number of hydrogen-bond acceptors (Lipinski definition) is 3.